The van der Waals surface area contributed by atoms with E-state index in [4.69, 9.17) is 0 Å². The van der Waals surface area contributed by atoms with Gasteiger partial charge in [0.1, 0.15) is 23.9 Å². The van der Waals surface area contributed by atoms with E-state index in [1.807, 2.05) is 0 Å². The van der Waals surface area contributed by atoms with E-state index >= 15 is 0 Å². The number of halogens is 2. The van der Waals surface area contributed by atoms with Crippen molar-refractivity contribution in [3.63, 3.8) is 0 Å². The molecule has 0 saturated carbocycles. The third-order valence-corrected chi connectivity index (χ3v) is 3.62. The molecule has 0 aromatic heterocycles. The molecule has 4 amide bonds. The zero-order valence-electron chi connectivity index (χ0n) is 13.3. The molecular formula is C18H13F2N3O3. The summed E-state index contributed by atoms with van der Waals surface area (Å²) in [4.78, 5) is 36.9. The second kappa shape index (κ2) is 7.14. The van der Waals surface area contributed by atoms with Crippen molar-refractivity contribution in [2.45, 2.75) is 0 Å². The molecule has 1 fully saturated rings. The summed E-state index contributed by atoms with van der Waals surface area (Å²) < 4.78 is 27.2. The Labute approximate surface area is 147 Å². The Morgan fingerprint density at radius 2 is 1.69 bits per heavy atom. The molecule has 132 valence electrons. The van der Waals surface area contributed by atoms with Crippen LogP contribution in [0.1, 0.15) is 5.56 Å². The zero-order chi connectivity index (χ0) is 18.7. The van der Waals surface area contributed by atoms with Crippen LogP contribution in [0.5, 0.6) is 0 Å². The number of anilines is 1. The summed E-state index contributed by atoms with van der Waals surface area (Å²) in [5, 5.41) is 4.57. The first-order chi connectivity index (χ1) is 12.5. The maximum atomic E-state index is 13.7. The standard InChI is InChI=1S/C18H13F2N3O3/c19-12-6-2-1-5-11(12)9-15-17(25)23(18(26)22-15)10-16(24)21-14-8-4-3-7-13(14)20/h1-9H,10H2,(H,21,24)(H,22,26)/b15-9+. The lowest BCUT2D eigenvalue weighted by Gasteiger charge is -2.12. The summed E-state index contributed by atoms with van der Waals surface area (Å²) in [5.74, 6) is -2.72. The van der Waals surface area contributed by atoms with Crippen molar-refractivity contribution in [1.29, 1.82) is 0 Å². The number of hydrogen-bond acceptors (Lipinski definition) is 3. The number of amides is 4. The minimum Gasteiger partial charge on any atom is -0.322 e. The van der Waals surface area contributed by atoms with E-state index in [0.717, 1.165) is 0 Å². The molecule has 0 spiro atoms. The molecule has 1 heterocycles. The maximum Gasteiger partial charge on any atom is 0.329 e. The van der Waals surface area contributed by atoms with Crippen LogP contribution < -0.4 is 10.6 Å². The van der Waals surface area contributed by atoms with Crippen molar-refractivity contribution in [3.05, 3.63) is 71.4 Å². The Morgan fingerprint density at radius 3 is 2.38 bits per heavy atom. The van der Waals surface area contributed by atoms with Crippen LogP contribution in [0.15, 0.2) is 54.2 Å². The number of para-hydroxylation sites is 1. The van der Waals surface area contributed by atoms with Gasteiger partial charge in [-0.1, -0.05) is 30.3 Å². The van der Waals surface area contributed by atoms with E-state index in [1.165, 1.54) is 48.5 Å². The van der Waals surface area contributed by atoms with Crippen molar-refractivity contribution in [3.8, 4) is 0 Å². The lowest BCUT2D eigenvalue weighted by Crippen LogP contribution is -2.38. The molecule has 2 aromatic rings. The van der Waals surface area contributed by atoms with Gasteiger partial charge in [-0.05, 0) is 24.3 Å². The van der Waals surface area contributed by atoms with E-state index in [0.29, 0.717) is 4.90 Å². The second-order valence-electron chi connectivity index (χ2n) is 5.43. The third-order valence-electron chi connectivity index (χ3n) is 3.62. The lowest BCUT2D eigenvalue weighted by atomic mass is 10.2. The van der Waals surface area contributed by atoms with Gasteiger partial charge in [-0.25, -0.2) is 18.5 Å². The highest BCUT2D eigenvalue weighted by atomic mass is 19.1. The number of nitrogens with zero attached hydrogens (tertiary/aromatic N) is 1. The second-order valence-corrected chi connectivity index (χ2v) is 5.43. The van der Waals surface area contributed by atoms with Gasteiger partial charge in [0.25, 0.3) is 5.91 Å². The van der Waals surface area contributed by atoms with Crippen molar-refractivity contribution in [2.24, 2.45) is 0 Å². The molecule has 2 N–H and O–H groups in total. The summed E-state index contributed by atoms with van der Waals surface area (Å²) >= 11 is 0. The predicted octanol–water partition coefficient (Wildman–Crippen LogP) is 2.50. The Hall–Kier alpha value is -3.55. The first-order valence-corrected chi connectivity index (χ1v) is 7.59. The number of benzene rings is 2. The molecule has 0 atom stereocenters. The fourth-order valence-electron chi connectivity index (χ4n) is 2.36. The highest BCUT2D eigenvalue weighted by Gasteiger charge is 2.35. The van der Waals surface area contributed by atoms with Crippen molar-refractivity contribution < 1.29 is 23.2 Å². The van der Waals surface area contributed by atoms with Crippen molar-refractivity contribution in [2.75, 3.05) is 11.9 Å². The molecule has 26 heavy (non-hydrogen) atoms. The molecule has 0 unspecified atom stereocenters. The van der Waals surface area contributed by atoms with Gasteiger partial charge in [0, 0.05) is 5.56 Å². The summed E-state index contributed by atoms with van der Waals surface area (Å²) in [7, 11) is 0. The van der Waals surface area contributed by atoms with Crippen LogP contribution in [-0.4, -0.2) is 29.3 Å². The topological polar surface area (TPSA) is 78.5 Å². The van der Waals surface area contributed by atoms with Crippen LogP contribution in [-0.2, 0) is 9.59 Å². The number of nitrogens with one attached hydrogen (secondary N) is 2. The van der Waals surface area contributed by atoms with Crippen LogP contribution in [0.2, 0.25) is 0 Å². The highest BCUT2D eigenvalue weighted by molar-refractivity contribution is 6.15. The number of urea groups is 1. The normalized spacial score (nSPS) is 15.3. The largest absolute Gasteiger partial charge is 0.329 e. The number of carbonyl (C=O) groups is 3. The molecule has 0 bridgehead atoms. The minimum absolute atomic E-state index is 0.0633. The molecule has 1 aliphatic heterocycles. The minimum atomic E-state index is -0.818. The van der Waals surface area contributed by atoms with Crippen molar-refractivity contribution >= 4 is 29.6 Å². The molecule has 1 saturated heterocycles. The van der Waals surface area contributed by atoms with Gasteiger partial charge < -0.3 is 10.6 Å². The average molecular weight is 357 g/mol. The smallest absolute Gasteiger partial charge is 0.322 e. The van der Waals surface area contributed by atoms with E-state index in [9.17, 15) is 23.2 Å². The SMILES string of the molecule is O=C(CN1C(=O)N/C(=C/c2ccccc2F)C1=O)Nc1ccccc1F. The number of imide groups is 1. The van der Waals surface area contributed by atoms with Gasteiger partial charge in [0.05, 0.1) is 5.69 Å². The third kappa shape index (κ3) is 3.59. The van der Waals surface area contributed by atoms with E-state index < -0.39 is 36.0 Å². The lowest BCUT2D eigenvalue weighted by molar-refractivity contribution is -0.127. The summed E-state index contributed by atoms with van der Waals surface area (Å²) in [6.45, 7) is -0.604. The average Bonchev–Trinajstić information content (AvgIpc) is 2.86. The Bertz CT molecular complexity index is 927. The van der Waals surface area contributed by atoms with E-state index in [2.05, 4.69) is 10.6 Å². The molecule has 3 rings (SSSR count). The zero-order valence-corrected chi connectivity index (χ0v) is 13.3. The molecule has 6 nitrogen and oxygen atoms in total. The monoisotopic (exact) mass is 357 g/mol. The Kier molecular flexibility index (Phi) is 4.74. The summed E-state index contributed by atoms with van der Waals surface area (Å²) in [5.41, 5.74) is -0.0979. The highest BCUT2D eigenvalue weighted by Crippen LogP contribution is 2.17. The van der Waals surface area contributed by atoms with Gasteiger partial charge >= 0.3 is 6.03 Å². The molecule has 8 heteroatoms. The number of carbonyl (C=O) groups excluding carboxylic acids is 3. The molecule has 0 radical (unpaired) electrons. The van der Waals surface area contributed by atoms with Gasteiger partial charge in [-0.3, -0.25) is 9.59 Å². The number of hydrogen-bond donors (Lipinski definition) is 2. The molecule has 2 aromatic carbocycles. The molecule has 0 aliphatic carbocycles. The summed E-state index contributed by atoms with van der Waals surface area (Å²) in [6, 6.07) is 10.4. The van der Waals surface area contributed by atoms with Gasteiger partial charge in [0.2, 0.25) is 5.91 Å². The molecular weight excluding hydrogens is 344 g/mol. The molecule has 1 aliphatic rings. The fourth-order valence-corrected chi connectivity index (χ4v) is 2.36. The Balaban J connectivity index is 1.72. The maximum absolute atomic E-state index is 13.7. The van der Waals surface area contributed by atoms with Crippen LogP contribution >= 0.6 is 0 Å². The van der Waals surface area contributed by atoms with Crippen LogP contribution in [0.4, 0.5) is 19.3 Å². The Morgan fingerprint density at radius 1 is 1.04 bits per heavy atom. The fraction of sp³-hybridized carbons (Fsp3) is 0.0556. The van der Waals surface area contributed by atoms with Gasteiger partial charge in [-0.15, -0.1) is 0 Å². The van der Waals surface area contributed by atoms with Crippen LogP contribution in [0, 0.1) is 11.6 Å². The van der Waals surface area contributed by atoms with Crippen molar-refractivity contribution in [1.82, 2.24) is 10.2 Å². The first kappa shape index (κ1) is 17.3. The van der Waals surface area contributed by atoms with Gasteiger partial charge in [0.15, 0.2) is 0 Å². The van der Waals surface area contributed by atoms with Crippen LogP contribution in [0.3, 0.4) is 0 Å². The van der Waals surface area contributed by atoms with E-state index in [-0.39, 0.29) is 16.9 Å². The number of rotatable bonds is 4. The predicted molar refractivity (Wildman–Crippen MR) is 89.7 cm³/mol. The first-order valence-electron chi connectivity index (χ1n) is 7.59. The van der Waals surface area contributed by atoms with E-state index in [1.54, 1.807) is 6.07 Å². The quantitative estimate of drug-likeness (QED) is 0.652. The van der Waals surface area contributed by atoms with Crippen LogP contribution in [0.25, 0.3) is 6.08 Å². The van der Waals surface area contributed by atoms with Gasteiger partial charge in [-0.2, -0.15) is 0 Å². The summed E-state index contributed by atoms with van der Waals surface area (Å²) in [6.07, 6.45) is 1.18.